The van der Waals surface area contributed by atoms with Gasteiger partial charge >= 0.3 is 0 Å². The molecule has 2 aromatic carbocycles. The van der Waals surface area contributed by atoms with E-state index in [4.69, 9.17) is 27.9 Å². The average Bonchev–Trinajstić information content (AvgIpc) is 2.64. The van der Waals surface area contributed by atoms with E-state index >= 15 is 0 Å². The molecule has 0 radical (unpaired) electrons. The minimum atomic E-state index is 0.192. The third kappa shape index (κ3) is 7.67. The summed E-state index contributed by atoms with van der Waals surface area (Å²) in [6.07, 6.45) is 4.15. The number of carbonyl (C=O) groups is 1. The van der Waals surface area contributed by atoms with Crippen LogP contribution in [0.1, 0.15) is 31.2 Å². The van der Waals surface area contributed by atoms with Crippen LogP contribution in [-0.4, -0.2) is 31.0 Å². The first-order valence-electron chi connectivity index (χ1n) is 8.91. The number of benzene rings is 2. The van der Waals surface area contributed by atoms with E-state index in [0.29, 0.717) is 18.1 Å². The summed E-state index contributed by atoms with van der Waals surface area (Å²) >= 11 is 11.7. The van der Waals surface area contributed by atoms with Crippen molar-refractivity contribution in [3.8, 4) is 5.75 Å². The van der Waals surface area contributed by atoms with E-state index < -0.39 is 0 Å². The van der Waals surface area contributed by atoms with Gasteiger partial charge in [0.15, 0.2) is 0 Å². The Morgan fingerprint density at radius 2 is 1.54 bits per heavy atom. The first-order valence-corrected chi connectivity index (χ1v) is 9.67. The molecule has 0 unspecified atom stereocenters. The van der Waals surface area contributed by atoms with Gasteiger partial charge in [0.05, 0.1) is 6.61 Å². The molecule has 0 aliphatic rings. The molecule has 0 bridgehead atoms. The van der Waals surface area contributed by atoms with Gasteiger partial charge < -0.3 is 9.64 Å². The van der Waals surface area contributed by atoms with Crippen LogP contribution in [0.2, 0.25) is 10.0 Å². The maximum absolute atomic E-state index is 12.2. The zero-order valence-electron chi connectivity index (χ0n) is 15.1. The summed E-state index contributed by atoms with van der Waals surface area (Å²) in [7, 11) is 1.87. The Morgan fingerprint density at radius 3 is 2.19 bits per heavy atom. The lowest BCUT2D eigenvalue weighted by Crippen LogP contribution is -2.27. The van der Waals surface area contributed by atoms with Crippen molar-refractivity contribution in [3.63, 3.8) is 0 Å². The van der Waals surface area contributed by atoms with E-state index in [1.165, 1.54) is 5.56 Å². The lowest BCUT2D eigenvalue weighted by atomic mass is 10.1. The third-order valence-corrected chi connectivity index (χ3v) is 4.67. The third-order valence-electron chi connectivity index (χ3n) is 4.17. The predicted octanol–water partition coefficient (Wildman–Crippen LogP) is 5.63. The Bertz CT molecular complexity index is 671. The highest BCUT2D eigenvalue weighted by atomic mass is 35.5. The zero-order valence-corrected chi connectivity index (χ0v) is 16.6. The van der Waals surface area contributed by atoms with Crippen molar-refractivity contribution in [1.29, 1.82) is 0 Å². The van der Waals surface area contributed by atoms with Crippen molar-refractivity contribution >= 4 is 29.1 Å². The number of aryl methyl sites for hydroxylation is 1. The first kappa shape index (κ1) is 20.6. The summed E-state index contributed by atoms with van der Waals surface area (Å²) in [5.74, 6) is 1.01. The summed E-state index contributed by atoms with van der Waals surface area (Å²) in [5.41, 5.74) is 1.21. The van der Waals surface area contributed by atoms with Crippen LogP contribution in [0, 0.1) is 0 Å². The molecule has 26 heavy (non-hydrogen) atoms. The molecule has 140 valence electrons. The van der Waals surface area contributed by atoms with Gasteiger partial charge in [0.1, 0.15) is 5.75 Å². The number of hydrogen-bond acceptors (Lipinski definition) is 2. The van der Waals surface area contributed by atoms with E-state index in [1.807, 2.05) is 60.5 Å². The molecule has 0 aliphatic heterocycles. The molecular formula is C21H25Cl2NO2. The van der Waals surface area contributed by atoms with Gasteiger partial charge in [0.2, 0.25) is 5.91 Å². The Hall–Kier alpha value is -1.71. The van der Waals surface area contributed by atoms with Crippen molar-refractivity contribution in [3.05, 3.63) is 64.1 Å². The summed E-state index contributed by atoms with van der Waals surface area (Å²) in [6.45, 7) is 1.39. The maximum atomic E-state index is 12.2. The van der Waals surface area contributed by atoms with Crippen LogP contribution in [0.5, 0.6) is 5.75 Å². The standard InChI is InChI=1S/C21H25Cl2NO2/c1-24(15-2-3-16-26-20-13-11-19(23)12-14-20)21(25)6-4-5-17-7-9-18(22)10-8-17/h7-14H,2-6,15-16H2,1H3. The Labute approximate surface area is 165 Å². The first-order chi connectivity index (χ1) is 12.5. The molecule has 0 fully saturated rings. The van der Waals surface area contributed by atoms with E-state index in [9.17, 15) is 4.79 Å². The fourth-order valence-corrected chi connectivity index (χ4v) is 2.83. The van der Waals surface area contributed by atoms with Crippen LogP contribution >= 0.6 is 23.2 Å². The molecule has 0 atom stereocenters. The van der Waals surface area contributed by atoms with Crippen LogP contribution < -0.4 is 4.74 Å². The van der Waals surface area contributed by atoms with Crippen LogP contribution in [0.4, 0.5) is 0 Å². The molecule has 0 saturated carbocycles. The monoisotopic (exact) mass is 393 g/mol. The van der Waals surface area contributed by atoms with Gasteiger partial charge in [0.25, 0.3) is 0 Å². The quantitative estimate of drug-likeness (QED) is 0.489. The number of rotatable bonds is 10. The average molecular weight is 394 g/mol. The van der Waals surface area contributed by atoms with E-state index in [-0.39, 0.29) is 5.91 Å². The van der Waals surface area contributed by atoms with E-state index in [1.54, 1.807) is 0 Å². The van der Waals surface area contributed by atoms with E-state index in [0.717, 1.165) is 43.0 Å². The number of unbranched alkanes of at least 4 members (excludes halogenated alkanes) is 1. The molecule has 0 N–H and O–H groups in total. The minimum Gasteiger partial charge on any atom is -0.494 e. The molecule has 0 saturated heterocycles. The van der Waals surface area contributed by atoms with Crippen LogP contribution in [0.15, 0.2) is 48.5 Å². The Morgan fingerprint density at radius 1 is 0.923 bits per heavy atom. The second-order valence-corrected chi connectivity index (χ2v) is 7.18. The molecule has 2 aromatic rings. The molecule has 0 heterocycles. The second kappa shape index (κ2) is 11.1. The fraction of sp³-hybridized carbons (Fsp3) is 0.381. The molecule has 0 aromatic heterocycles. The zero-order chi connectivity index (χ0) is 18.8. The van der Waals surface area contributed by atoms with Crippen LogP contribution in [-0.2, 0) is 11.2 Å². The highest BCUT2D eigenvalue weighted by Crippen LogP contribution is 2.16. The molecule has 5 heteroatoms. The fourth-order valence-electron chi connectivity index (χ4n) is 2.58. The lowest BCUT2D eigenvalue weighted by Gasteiger charge is -2.17. The van der Waals surface area contributed by atoms with Crippen molar-refractivity contribution in [2.45, 2.75) is 32.1 Å². The second-order valence-electron chi connectivity index (χ2n) is 6.30. The molecular weight excluding hydrogens is 369 g/mol. The van der Waals surface area contributed by atoms with Gasteiger partial charge in [0, 0.05) is 30.1 Å². The van der Waals surface area contributed by atoms with Gasteiger partial charge in [-0.1, -0.05) is 35.3 Å². The van der Waals surface area contributed by atoms with Crippen LogP contribution in [0.25, 0.3) is 0 Å². The van der Waals surface area contributed by atoms with Gasteiger partial charge in [-0.2, -0.15) is 0 Å². The van der Waals surface area contributed by atoms with Crippen molar-refractivity contribution in [2.24, 2.45) is 0 Å². The highest BCUT2D eigenvalue weighted by molar-refractivity contribution is 6.30. The number of nitrogens with zero attached hydrogens (tertiary/aromatic N) is 1. The van der Waals surface area contributed by atoms with Crippen molar-refractivity contribution in [1.82, 2.24) is 4.90 Å². The number of halogens is 2. The number of carbonyl (C=O) groups excluding carboxylic acids is 1. The van der Waals surface area contributed by atoms with Gasteiger partial charge in [-0.15, -0.1) is 0 Å². The molecule has 1 amide bonds. The summed E-state index contributed by atoms with van der Waals surface area (Å²) in [6, 6.07) is 15.1. The highest BCUT2D eigenvalue weighted by Gasteiger charge is 2.08. The van der Waals surface area contributed by atoms with Crippen LogP contribution in [0.3, 0.4) is 0 Å². The molecule has 2 rings (SSSR count). The summed E-state index contributed by atoms with van der Waals surface area (Å²) in [5, 5.41) is 1.44. The molecule has 0 aliphatic carbocycles. The summed E-state index contributed by atoms with van der Waals surface area (Å²) < 4.78 is 5.65. The van der Waals surface area contributed by atoms with Crippen molar-refractivity contribution in [2.75, 3.05) is 20.2 Å². The largest absolute Gasteiger partial charge is 0.494 e. The minimum absolute atomic E-state index is 0.192. The predicted molar refractivity (Wildman–Crippen MR) is 108 cm³/mol. The van der Waals surface area contributed by atoms with Crippen molar-refractivity contribution < 1.29 is 9.53 Å². The van der Waals surface area contributed by atoms with E-state index in [2.05, 4.69) is 0 Å². The lowest BCUT2D eigenvalue weighted by molar-refractivity contribution is -0.130. The Kier molecular flexibility index (Phi) is 8.79. The smallest absolute Gasteiger partial charge is 0.222 e. The van der Waals surface area contributed by atoms with Gasteiger partial charge in [-0.05, 0) is 67.6 Å². The number of ether oxygens (including phenoxy) is 1. The number of amides is 1. The normalized spacial score (nSPS) is 10.6. The van der Waals surface area contributed by atoms with Gasteiger partial charge in [-0.3, -0.25) is 4.79 Å². The maximum Gasteiger partial charge on any atom is 0.222 e. The summed E-state index contributed by atoms with van der Waals surface area (Å²) in [4.78, 5) is 14.0. The number of hydrogen-bond donors (Lipinski definition) is 0. The Balaban J connectivity index is 1.55. The topological polar surface area (TPSA) is 29.5 Å². The van der Waals surface area contributed by atoms with Gasteiger partial charge in [-0.25, -0.2) is 0 Å². The SMILES string of the molecule is CN(CCCCOc1ccc(Cl)cc1)C(=O)CCCc1ccc(Cl)cc1. The molecule has 3 nitrogen and oxygen atoms in total. The molecule has 0 spiro atoms.